The quantitative estimate of drug-likeness (QED) is 0.296. The fourth-order valence-electron chi connectivity index (χ4n) is 7.06. The van der Waals surface area contributed by atoms with Gasteiger partial charge in [0, 0.05) is 49.8 Å². The highest BCUT2D eigenvalue weighted by Crippen LogP contribution is 2.53. The Labute approximate surface area is 227 Å². The van der Waals surface area contributed by atoms with E-state index in [0.717, 1.165) is 12.2 Å². The molecule has 1 aromatic carbocycles. The van der Waals surface area contributed by atoms with Gasteiger partial charge in [-0.25, -0.2) is 0 Å². The number of nitrogens with two attached hydrogens (primary N) is 1. The molecule has 39 heavy (non-hydrogen) atoms. The summed E-state index contributed by atoms with van der Waals surface area (Å²) in [7, 11) is 3.72. The van der Waals surface area contributed by atoms with Crippen LogP contribution in [0.1, 0.15) is 61.6 Å². The molecule has 0 aliphatic heterocycles. The highest BCUT2D eigenvalue weighted by atomic mass is 16.3. The summed E-state index contributed by atoms with van der Waals surface area (Å²) < 4.78 is 0. The lowest BCUT2D eigenvalue weighted by atomic mass is 9.59. The largest absolute Gasteiger partial charge is 0.508 e. The van der Waals surface area contributed by atoms with Gasteiger partial charge in [-0.15, -0.1) is 0 Å². The van der Waals surface area contributed by atoms with Crippen molar-refractivity contribution in [2.24, 2.45) is 23.5 Å². The number of aliphatic hydroxyl groups excluding tert-OH is 2. The van der Waals surface area contributed by atoms with Crippen LogP contribution in [0.4, 0.5) is 5.69 Å². The van der Waals surface area contributed by atoms with Crippen molar-refractivity contribution in [1.82, 2.24) is 5.32 Å². The number of aliphatic hydroxyl groups is 3. The molecule has 1 aromatic rings. The van der Waals surface area contributed by atoms with Crippen LogP contribution in [0, 0.1) is 17.8 Å². The number of nitrogens with one attached hydrogen (secondary N) is 1. The number of phenols is 1. The van der Waals surface area contributed by atoms with Crippen LogP contribution in [-0.2, 0) is 27.3 Å². The van der Waals surface area contributed by atoms with E-state index in [9.17, 15) is 34.8 Å². The number of nitrogens with zero attached hydrogens (tertiary/aromatic N) is 1. The number of carbonyl (C=O) groups excluding carboxylic acids is 3. The SMILES string of the molecule is CN(C)c1cc(CNCC2CCCCC2)c(O)c2c1C[C@H]1C[C@H]3CC(=O)C(C(N)=O)=C(O)[C@@]3(O)C(=O)C1=C2O. The van der Waals surface area contributed by atoms with Gasteiger partial charge in [-0.3, -0.25) is 14.4 Å². The van der Waals surface area contributed by atoms with Crippen molar-refractivity contribution < 1.29 is 34.8 Å². The summed E-state index contributed by atoms with van der Waals surface area (Å²) in [4.78, 5) is 40.0. The zero-order valence-electron chi connectivity index (χ0n) is 22.4. The van der Waals surface area contributed by atoms with Crippen LogP contribution in [0.3, 0.4) is 0 Å². The van der Waals surface area contributed by atoms with E-state index >= 15 is 0 Å². The normalized spacial score (nSPS) is 27.3. The van der Waals surface area contributed by atoms with Gasteiger partial charge in [-0.05, 0) is 55.7 Å². The molecule has 0 heterocycles. The van der Waals surface area contributed by atoms with Crippen LogP contribution >= 0.6 is 0 Å². The highest BCUT2D eigenvalue weighted by Gasteiger charge is 2.60. The smallest absolute Gasteiger partial charge is 0.255 e. The number of hydrogen-bond acceptors (Lipinski definition) is 9. The minimum absolute atomic E-state index is 0.112. The number of phenolic OH excluding ortho intramolecular Hbond substituents is 1. The molecule has 3 atom stereocenters. The molecule has 7 N–H and O–H groups in total. The molecule has 2 saturated carbocycles. The van der Waals surface area contributed by atoms with Crippen LogP contribution < -0.4 is 16.0 Å². The molecule has 0 unspecified atom stereocenters. The van der Waals surface area contributed by atoms with Crippen molar-refractivity contribution >= 4 is 28.9 Å². The molecule has 4 aliphatic rings. The van der Waals surface area contributed by atoms with Crippen LogP contribution in [0.5, 0.6) is 5.75 Å². The second-order valence-electron chi connectivity index (χ2n) is 11.7. The Hall–Kier alpha value is -3.37. The number of anilines is 1. The summed E-state index contributed by atoms with van der Waals surface area (Å²) >= 11 is 0. The van der Waals surface area contributed by atoms with Crippen molar-refractivity contribution in [3.05, 3.63) is 39.7 Å². The topological polar surface area (TPSA) is 173 Å². The van der Waals surface area contributed by atoms with E-state index in [1.54, 1.807) is 0 Å². The zero-order chi connectivity index (χ0) is 28.2. The van der Waals surface area contributed by atoms with Crippen LogP contribution in [-0.4, -0.2) is 64.1 Å². The molecule has 0 aromatic heterocycles. The van der Waals surface area contributed by atoms with Crippen LogP contribution in [0.25, 0.3) is 5.76 Å². The third-order valence-corrected chi connectivity index (χ3v) is 9.07. The molecule has 10 nitrogen and oxygen atoms in total. The predicted octanol–water partition coefficient (Wildman–Crippen LogP) is 2.16. The number of amides is 1. The first-order valence-electron chi connectivity index (χ1n) is 13.7. The lowest BCUT2D eigenvalue weighted by Crippen LogP contribution is -2.58. The van der Waals surface area contributed by atoms with Crippen molar-refractivity contribution in [3.63, 3.8) is 0 Å². The minimum atomic E-state index is -2.56. The maximum atomic E-state index is 13.8. The van der Waals surface area contributed by atoms with Crippen LogP contribution in [0.15, 0.2) is 23.0 Å². The Morgan fingerprint density at radius 1 is 1.13 bits per heavy atom. The molecule has 2 fully saturated rings. The number of hydrogen-bond donors (Lipinski definition) is 6. The summed E-state index contributed by atoms with van der Waals surface area (Å²) in [5.41, 5.74) is 3.93. The number of benzene rings is 1. The summed E-state index contributed by atoms with van der Waals surface area (Å²) in [5, 5.41) is 48.4. The standard InChI is InChI=1S/C29H37N3O7/c1-32(2)19-10-16(13-31-12-14-6-4-3-5-7-14)24(34)22-18(19)9-15-8-17-11-20(33)23(28(30)38)27(37)29(17,39)26(36)21(15)25(22)35/h10,14-15,17,31,34-35,37,39H,3-9,11-13H2,1-2H3,(H2,30,38)/t15-,17+,29+/m1/s1. The van der Waals surface area contributed by atoms with Gasteiger partial charge in [-0.1, -0.05) is 19.3 Å². The third kappa shape index (κ3) is 4.30. The highest BCUT2D eigenvalue weighted by molar-refractivity contribution is 6.22. The van der Waals surface area contributed by atoms with Gasteiger partial charge in [-0.2, -0.15) is 0 Å². The van der Waals surface area contributed by atoms with Crippen molar-refractivity contribution in [3.8, 4) is 5.75 Å². The van der Waals surface area contributed by atoms with E-state index in [4.69, 9.17) is 5.73 Å². The minimum Gasteiger partial charge on any atom is -0.508 e. The molecule has 1 amide bonds. The molecular weight excluding hydrogens is 502 g/mol. The maximum Gasteiger partial charge on any atom is 0.255 e. The third-order valence-electron chi connectivity index (χ3n) is 9.07. The number of ketones is 2. The van der Waals surface area contributed by atoms with Crippen molar-refractivity contribution in [1.29, 1.82) is 0 Å². The fraction of sp³-hybridized carbons (Fsp3) is 0.552. The molecule has 210 valence electrons. The van der Waals surface area contributed by atoms with Gasteiger partial charge >= 0.3 is 0 Å². The van der Waals surface area contributed by atoms with E-state index in [-0.39, 0.29) is 36.1 Å². The van der Waals surface area contributed by atoms with Crippen LogP contribution in [0.2, 0.25) is 0 Å². The molecular formula is C29H37N3O7. The van der Waals surface area contributed by atoms with E-state index < -0.39 is 52.0 Å². The van der Waals surface area contributed by atoms with E-state index in [1.807, 2.05) is 25.1 Å². The number of primary amides is 1. The average molecular weight is 540 g/mol. The van der Waals surface area contributed by atoms with Gasteiger partial charge in [0.25, 0.3) is 5.91 Å². The Bertz CT molecular complexity index is 1310. The van der Waals surface area contributed by atoms with Crippen molar-refractivity contribution in [2.75, 3.05) is 25.5 Å². The Kier molecular flexibility index (Phi) is 6.97. The molecule has 10 heteroatoms. The number of Topliss-reactive ketones (excluding diaryl/α,β-unsaturated/α-hetero) is 2. The number of rotatable bonds is 6. The predicted molar refractivity (Wildman–Crippen MR) is 144 cm³/mol. The molecule has 4 aliphatic carbocycles. The Morgan fingerprint density at radius 2 is 1.82 bits per heavy atom. The van der Waals surface area contributed by atoms with Gasteiger partial charge in [0.05, 0.1) is 5.56 Å². The lowest BCUT2D eigenvalue weighted by molar-refractivity contribution is -0.147. The van der Waals surface area contributed by atoms with Gasteiger partial charge < -0.3 is 36.4 Å². The van der Waals surface area contributed by atoms with Gasteiger partial charge in [0.15, 0.2) is 11.4 Å². The monoisotopic (exact) mass is 539 g/mol. The molecule has 0 radical (unpaired) electrons. The summed E-state index contributed by atoms with van der Waals surface area (Å²) in [5.74, 6) is -5.57. The first kappa shape index (κ1) is 27.2. The molecule has 0 spiro atoms. The second-order valence-corrected chi connectivity index (χ2v) is 11.7. The second kappa shape index (κ2) is 9.98. The average Bonchev–Trinajstić information content (AvgIpc) is 2.87. The zero-order valence-corrected chi connectivity index (χ0v) is 22.4. The van der Waals surface area contributed by atoms with Gasteiger partial charge in [0.2, 0.25) is 5.78 Å². The number of carbonyl (C=O) groups is 3. The van der Waals surface area contributed by atoms with E-state index in [0.29, 0.717) is 23.6 Å². The molecule has 0 bridgehead atoms. The maximum absolute atomic E-state index is 13.8. The summed E-state index contributed by atoms with van der Waals surface area (Å²) in [6.07, 6.45) is 6.14. The Morgan fingerprint density at radius 3 is 2.46 bits per heavy atom. The molecule has 0 saturated heterocycles. The summed E-state index contributed by atoms with van der Waals surface area (Å²) in [6, 6.07) is 1.89. The lowest BCUT2D eigenvalue weighted by Gasteiger charge is -2.46. The Balaban J connectivity index is 1.56. The number of fused-ring (bicyclic) bond motifs is 3. The molecule has 5 rings (SSSR count). The first-order valence-corrected chi connectivity index (χ1v) is 13.7. The van der Waals surface area contributed by atoms with E-state index in [2.05, 4.69) is 5.32 Å². The summed E-state index contributed by atoms with van der Waals surface area (Å²) in [6.45, 7) is 1.19. The fourth-order valence-corrected chi connectivity index (χ4v) is 7.06. The van der Waals surface area contributed by atoms with E-state index in [1.165, 1.54) is 32.1 Å². The first-order chi connectivity index (χ1) is 18.5. The van der Waals surface area contributed by atoms with Gasteiger partial charge in [0.1, 0.15) is 22.8 Å². The number of aromatic hydroxyl groups is 1. The van der Waals surface area contributed by atoms with Crippen molar-refractivity contribution in [2.45, 2.75) is 63.5 Å².